The highest BCUT2D eigenvalue weighted by Crippen LogP contribution is 2.30. The quantitative estimate of drug-likeness (QED) is 0.417. The molecule has 1 saturated heterocycles. The molecule has 2 aromatic rings. The Kier molecular flexibility index (Phi) is 8.24. The van der Waals surface area contributed by atoms with Gasteiger partial charge >= 0.3 is 0 Å². The van der Waals surface area contributed by atoms with Crippen LogP contribution in [0.4, 0.5) is 0 Å². The van der Waals surface area contributed by atoms with Gasteiger partial charge in [0.15, 0.2) is 6.29 Å². The third-order valence-corrected chi connectivity index (χ3v) is 5.30. The van der Waals surface area contributed by atoms with Crippen molar-refractivity contribution >= 4 is 10.1 Å². The fourth-order valence-electron chi connectivity index (χ4n) is 3.23. The van der Waals surface area contributed by atoms with Crippen LogP contribution in [-0.4, -0.2) is 47.2 Å². The molecule has 164 valence electrons. The van der Waals surface area contributed by atoms with E-state index in [9.17, 15) is 8.42 Å². The molecule has 7 nitrogen and oxygen atoms in total. The van der Waals surface area contributed by atoms with Gasteiger partial charge in [-0.2, -0.15) is 8.42 Å². The van der Waals surface area contributed by atoms with Crippen molar-refractivity contribution < 1.29 is 31.5 Å². The summed E-state index contributed by atoms with van der Waals surface area (Å²) >= 11 is 0. The molecule has 0 spiro atoms. The molecule has 1 fully saturated rings. The van der Waals surface area contributed by atoms with Gasteiger partial charge in [-0.05, 0) is 30.5 Å². The maximum absolute atomic E-state index is 11.6. The van der Waals surface area contributed by atoms with E-state index in [0.717, 1.165) is 23.1 Å². The molecular weight excluding hydrogens is 408 g/mol. The van der Waals surface area contributed by atoms with Crippen LogP contribution in [0.3, 0.4) is 0 Å². The molecule has 0 radical (unpaired) electrons. The standard InChI is InChI=1S/C22H28O7S/c1-25-19-12-10-17(11-13-19)15-26-14-6-9-20-21(29-30(2,23)24)16-27-22(28-20)18-7-4-3-5-8-18/h3-5,7-8,10-13,20-22H,6,9,14-16H2,1-2H3/t20-,21-,22?/m0/s1. The summed E-state index contributed by atoms with van der Waals surface area (Å²) in [5.74, 6) is 0.806. The third-order valence-electron chi connectivity index (χ3n) is 4.70. The van der Waals surface area contributed by atoms with E-state index in [1.54, 1.807) is 7.11 Å². The Labute approximate surface area is 178 Å². The van der Waals surface area contributed by atoms with Crippen molar-refractivity contribution in [2.45, 2.75) is 37.9 Å². The first-order valence-corrected chi connectivity index (χ1v) is 11.7. The molecule has 2 aromatic carbocycles. The van der Waals surface area contributed by atoms with Gasteiger partial charge in [0.05, 0.1) is 32.7 Å². The van der Waals surface area contributed by atoms with Gasteiger partial charge in [-0.1, -0.05) is 42.5 Å². The first-order chi connectivity index (χ1) is 14.4. The minimum absolute atomic E-state index is 0.143. The molecular formula is C22H28O7S. The van der Waals surface area contributed by atoms with Crippen LogP contribution in [0.25, 0.3) is 0 Å². The summed E-state index contributed by atoms with van der Waals surface area (Å²) in [6.45, 7) is 1.16. The Balaban J connectivity index is 1.51. The molecule has 3 rings (SSSR count). The lowest BCUT2D eigenvalue weighted by Crippen LogP contribution is -2.43. The van der Waals surface area contributed by atoms with Gasteiger partial charge in [0.25, 0.3) is 10.1 Å². The largest absolute Gasteiger partial charge is 0.497 e. The minimum atomic E-state index is -3.62. The number of hydrogen-bond donors (Lipinski definition) is 0. The molecule has 0 N–H and O–H groups in total. The molecule has 1 aliphatic heterocycles. The van der Waals surface area contributed by atoms with Gasteiger partial charge in [-0.3, -0.25) is 4.18 Å². The molecule has 0 aromatic heterocycles. The van der Waals surface area contributed by atoms with E-state index in [1.807, 2.05) is 54.6 Å². The number of hydrogen-bond acceptors (Lipinski definition) is 7. The summed E-state index contributed by atoms with van der Waals surface area (Å²) in [6, 6.07) is 17.3. The average Bonchev–Trinajstić information content (AvgIpc) is 2.74. The lowest BCUT2D eigenvalue weighted by Gasteiger charge is -2.36. The van der Waals surface area contributed by atoms with E-state index in [2.05, 4.69) is 0 Å². The van der Waals surface area contributed by atoms with Gasteiger partial charge in [0.2, 0.25) is 0 Å². The molecule has 30 heavy (non-hydrogen) atoms. The smallest absolute Gasteiger partial charge is 0.264 e. The van der Waals surface area contributed by atoms with Gasteiger partial charge < -0.3 is 18.9 Å². The second-order valence-electron chi connectivity index (χ2n) is 7.13. The highest BCUT2D eigenvalue weighted by molar-refractivity contribution is 7.86. The molecule has 0 saturated carbocycles. The Morgan fingerprint density at radius 3 is 2.47 bits per heavy atom. The average molecular weight is 437 g/mol. The summed E-state index contributed by atoms with van der Waals surface area (Å²) in [5, 5.41) is 0. The van der Waals surface area contributed by atoms with Crippen LogP contribution in [0.2, 0.25) is 0 Å². The predicted molar refractivity (Wildman–Crippen MR) is 112 cm³/mol. The van der Waals surface area contributed by atoms with Crippen molar-refractivity contribution in [3.63, 3.8) is 0 Å². The SMILES string of the molecule is COc1ccc(COCCC[C@@H]2OC(c3ccccc3)OC[C@@H]2OS(C)(=O)=O)cc1. The zero-order chi connectivity index (χ0) is 21.4. The normalized spacial score (nSPS) is 22.0. The maximum atomic E-state index is 11.6. The fraction of sp³-hybridized carbons (Fsp3) is 0.455. The fourth-order valence-corrected chi connectivity index (χ4v) is 3.86. The first kappa shape index (κ1) is 22.7. The summed E-state index contributed by atoms with van der Waals surface area (Å²) in [5.41, 5.74) is 1.94. The van der Waals surface area contributed by atoms with Gasteiger partial charge in [0.1, 0.15) is 11.9 Å². The third kappa shape index (κ3) is 7.07. The second kappa shape index (κ2) is 10.9. The molecule has 0 bridgehead atoms. The highest BCUT2D eigenvalue weighted by Gasteiger charge is 2.35. The monoisotopic (exact) mass is 436 g/mol. The first-order valence-electron chi connectivity index (χ1n) is 9.85. The summed E-state index contributed by atoms with van der Waals surface area (Å²) < 4.78 is 51.0. The van der Waals surface area contributed by atoms with Crippen LogP contribution in [-0.2, 0) is 35.1 Å². The zero-order valence-electron chi connectivity index (χ0n) is 17.2. The van der Waals surface area contributed by atoms with Gasteiger partial charge in [-0.25, -0.2) is 0 Å². The molecule has 8 heteroatoms. The van der Waals surface area contributed by atoms with Crippen molar-refractivity contribution in [3.8, 4) is 5.75 Å². The second-order valence-corrected chi connectivity index (χ2v) is 8.73. The lowest BCUT2D eigenvalue weighted by molar-refractivity contribution is -0.252. The number of methoxy groups -OCH3 is 1. The maximum Gasteiger partial charge on any atom is 0.264 e. The molecule has 1 aliphatic rings. The van der Waals surface area contributed by atoms with E-state index in [0.29, 0.717) is 26.1 Å². The number of ether oxygens (including phenoxy) is 4. The Hall–Kier alpha value is -1.97. The van der Waals surface area contributed by atoms with E-state index < -0.39 is 28.6 Å². The molecule has 0 amide bonds. The van der Waals surface area contributed by atoms with Crippen molar-refractivity contribution in [2.24, 2.45) is 0 Å². The van der Waals surface area contributed by atoms with Gasteiger partial charge in [-0.15, -0.1) is 0 Å². The van der Waals surface area contributed by atoms with E-state index >= 15 is 0 Å². The summed E-state index contributed by atoms with van der Waals surface area (Å²) in [6.07, 6.45) is 0.688. The van der Waals surface area contributed by atoms with Crippen LogP contribution < -0.4 is 4.74 Å². The van der Waals surface area contributed by atoms with E-state index in [1.165, 1.54) is 0 Å². The lowest BCUT2D eigenvalue weighted by atomic mass is 10.1. The number of benzene rings is 2. The van der Waals surface area contributed by atoms with E-state index in [-0.39, 0.29) is 6.61 Å². The highest BCUT2D eigenvalue weighted by atomic mass is 32.2. The summed E-state index contributed by atoms with van der Waals surface area (Å²) in [7, 11) is -1.99. The number of rotatable bonds is 10. The van der Waals surface area contributed by atoms with Crippen LogP contribution in [0.1, 0.15) is 30.3 Å². The topological polar surface area (TPSA) is 80.3 Å². The molecule has 3 atom stereocenters. The van der Waals surface area contributed by atoms with Crippen molar-refractivity contribution in [2.75, 3.05) is 26.6 Å². The van der Waals surface area contributed by atoms with Crippen molar-refractivity contribution in [1.82, 2.24) is 0 Å². The van der Waals surface area contributed by atoms with Crippen molar-refractivity contribution in [3.05, 3.63) is 65.7 Å². The molecule has 1 unspecified atom stereocenters. The minimum Gasteiger partial charge on any atom is -0.497 e. The van der Waals surface area contributed by atoms with Gasteiger partial charge in [0, 0.05) is 12.2 Å². The Morgan fingerprint density at radius 2 is 1.80 bits per heavy atom. The van der Waals surface area contributed by atoms with Crippen molar-refractivity contribution in [1.29, 1.82) is 0 Å². The van der Waals surface area contributed by atoms with E-state index in [4.69, 9.17) is 23.1 Å². The van der Waals surface area contributed by atoms with Crippen LogP contribution in [0.15, 0.2) is 54.6 Å². The summed E-state index contributed by atoms with van der Waals surface area (Å²) in [4.78, 5) is 0. The predicted octanol–water partition coefficient (Wildman–Crippen LogP) is 3.45. The van der Waals surface area contributed by atoms with Crippen LogP contribution in [0, 0.1) is 0 Å². The van der Waals surface area contributed by atoms with Crippen LogP contribution >= 0.6 is 0 Å². The Bertz CT molecular complexity index is 868. The Morgan fingerprint density at radius 1 is 1.07 bits per heavy atom. The molecule has 1 heterocycles. The molecule has 0 aliphatic carbocycles. The van der Waals surface area contributed by atoms with Crippen LogP contribution in [0.5, 0.6) is 5.75 Å². The zero-order valence-corrected chi connectivity index (χ0v) is 18.0.